The second-order valence-corrected chi connectivity index (χ2v) is 6.47. The van der Waals surface area contributed by atoms with Crippen molar-refractivity contribution in [2.75, 3.05) is 0 Å². The van der Waals surface area contributed by atoms with E-state index in [1.165, 1.54) is 6.92 Å². The minimum atomic E-state index is -0.747. The van der Waals surface area contributed by atoms with Gasteiger partial charge in [0.15, 0.2) is 5.78 Å². The highest BCUT2D eigenvalue weighted by atomic mass is 16.2. The fourth-order valence-electron chi connectivity index (χ4n) is 2.85. The van der Waals surface area contributed by atoms with Crippen molar-refractivity contribution in [1.29, 1.82) is 0 Å². The topological polar surface area (TPSA) is 105 Å². The van der Waals surface area contributed by atoms with Crippen LogP contribution in [0.5, 0.6) is 0 Å². The second kappa shape index (κ2) is 8.07. The lowest BCUT2D eigenvalue weighted by molar-refractivity contribution is -0.139. The molecule has 134 valence electrons. The van der Waals surface area contributed by atoms with Crippen LogP contribution in [0.3, 0.4) is 0 Å². The van der Waals surface area contributed by atoms with E-state index < -0.39 is 17.7 Å². The number of fused-ring (bicyclic) bond motifs is 1. The van der Waals surface area contributed by atoms with Crippen molar-refractivity contribution in [3.8, 4) is 0 Å². The van der Waals surface area contributed by atoms with Crippen molar-refractivity contribution in [2.24, 2.45) is 5.73 Å². The van der Waals surface area contributed by atoms with Crippen LogP contribution < -0.4 is 11.1 Å². The summed E-state index contributed by atoms with van der Waals surface area (Å²) in [5, 5.41) is 3.66. The maximum atomic E-state index is 12.0. The van der Waals surface area contributed by atoms with Gasteiger partial charge in [0.05, 0.1) is 6.04 Å². The molecule has 1 aromatic carbocycles. The molecule has 0 fully saturated rings. The molecular weight excluding hydrogens is 318 g/mol. The molecular formula is C19H25N3O3. The van der Waals surface area contributed by atoms with Crippen LogP contribution in [0.25, 0.3) is 10.9 Å². The van der Waals surface area contributed by atoms with Crippen LogP contribution in [0.4, 0.5) is 0 Å². The summed E-state index contributed by atoms with van der Waals surface area (Å²) in [5.41, 5.74) is 8.27. The summed E-state index contributed by atoms with van der Waals surface area (Å²) in [6, 6.07) is 4.52. The van der Waals surface area contributed by atoms with Crippen LogP contribution >= 0.6 is 0 Å². The summed E-state index contributed by atoms with van der Waals surface area (Å²) in [5.74, 6) is -1.21. The van der Waals surface area contributed by atoms with Crippen molar-refractivity contribution in [3.63, 3.8) is 0 Å². The first-order chi connectivity index (χ1) is 11.8. The van der Waals surface area contributed by atoms with E-state index in [-0.39, 0.29) is 11.8 Å². The number of H-pyrrole nitrogens is 1. The van der Waals surface area contributed by atoms with Crippen LogP contribution in [0, 0.1) is 0 Å². The Balaban J connectivity index is 2.07. The van der Waals surface area contributed by atoms with E-state index in [9.17, 15) is 14.4 Å². The fraction of sp³-hybridized carbons (Fsp3) is 0.421. The first kappa shape index (κ1) is 18.9. The molecule has 0 spiro atoms. The molecule has 0 aliphatic rings. The molecule has 0 saturated heterocycles. The van der Waals surface area contributed by atoms with Gasteiger partial charge in [-0.3, -0.25) is 14.4 Å². The van der Waals surface area contributed by atoms with E-state index in [4.69, 9.17) is 5.73 Å². The van der Waals surface area contributed by atoms with Gasteiger partial charge in [-0.2, -0.15) is 0 Å². The molecule has 0 bridgehead atoms. The Morgan fingerprint density at radius 3 is 2.64 bits per heavy atom. The molecule has 6 nitrogen and oxygen atoms in total. The number of benzene rings is 1. The molecule has 1 heterocycles. The molecule has 2 aromatic rings. The molecule has 0 radical (unpaired) electrons. The van der Waals surface area contributed by atoms with Crippen LogP contribution in [0.2, 0.25) is 0 Å². The molecule has 1 amide bonds. The summed E-state index contributed by atoms with van der Waals surface area (Å²) in [6.45, 7) is 5.28. The summed E-state index contributed by atoms with van der Waals surface area (Å²) >= 11 is 0. The van der Waals surface area contributed by atoms with E-state index >= 15 is 0 Å². The van der Waals surface area contributed by atoms with E-state index in [1.807, 2.05) is 32.2 Å². The summed E-state index contributed by atoms with van der Waals surface area (Å²) in [6.07, 6.45) is 3.66. The summed E-state index contributed by atoms with van der Waals surface area (Å²) in [7, 11) is 0. The van der Waals surface area contributed by atoms with Crippen LogP contribution in [-0.4, -0.2) is 34.5 Å². The number of Topliss-reactive ketones (excluding diaryl/α,β-unsaturated/α-hetero) is 2. The fourth-order valence-corrected chi connectivity index (χ4v) is 2.85. The van der Waals surface area contributed by atoms with Crippen molar-refractivity contribution in [2.45, 2.75) is 52.1 Å². The van der Waals surface area contributed by atoms with Gasteiger partial charge in [0.2, 0.25) is 5.78 Å². The number of carbonyl (C=O) groups excluding carboxylic acids is 3. The molecule has 2 unspecified atom stereocenters. The summed E-state index contributed by atoms with van der Waals surface area (Å²) < 4.78 is 0. The molecule has 2 rings (SSSR count). The first-order valence-electron chi connectivity index (χ1n) is 8.54. The van der Waals surface area contributed by atoms with Gasteiger partial charge in [0.1, 0.15) is 0 Å². The van der Waals surface area contributed by atoms with E-state index in [0.717, 1.165) is 22.9 Å². The SMILES string of the molecule is CCCC(N)C(=O)C(=O)NC(C)Cc1c[nH]c2ccc(C(C)=O)cc12. The number of hydrogen-bond acceptors (Lipinski definition) is 4. The predicted octanol–water partition coefficient (Wildman–Crippen LogP) is 2.11. The zero-order chi connectivity index (χ0) is 18.6. The molecule has 6 heteroatoms. The number of amides is 1. The number of carbonyl (C=O) groups is 3. The molecule has 0 saturated carbocycles. The Morgan fingerprint density at radius 2 is 2.00 bits per heavy atom. The van der Waals surface area contributed by atoms with Crippen LogP contribution in [0.15, 0.2) is 24.4 Å². The van der Waals surface area contributed by atoms with Gasteiger partial charge in [-0.05, 0) is 50.5 Å². The average molecular weight is 343 g/mol. The molecule has 2 atom stereocenters. The normalized spacial score (nSPS) is 13.4. The third-order valence-electron chi connectivity index (χ3n) is 4.24. The standard InChI is InChI=1S/C19H25N3O3/c1-4-5-16(20)18(24)19(25)22-11(2)8-14-10-21-17-7-6-13(12(3)23)9-15(14)17/h6-7,9-11,16,21H,4-5,8,20H2,1-3H3,(H,22,25). The number of nitrogens with one attached hydrogen (secondary N) is 2. The van der Waals surface area contributed by atoms with Gasteiger partial charge < -0.3 is 16.0 Å². The lowest BCUT2D eigenvalue weighted by atomic mass is 10.0. The third-order valence-corrected chi connectivity index (χ3v) is 4.24. The number of ketones is 2. The Kier molecular flexibility index (Phi) is 6.09. The van der Waals surface area contributed by atoms with E-state index in [0.29, 0.717) is 18.4 Å². The quantitative estimate of drug-likeness (QED) is 0.504. The van der Waals surface area contributed by atoms with Crippen molar-refractivity contribution < 1.29 is 14.4 Å². The average Bonchev–Trinajstić information content (AvgIpc) is 2.96. The Hall–Kier alpha value is -2.47. The number of aromatic amines is 1. The number of rotatable bonds is 8. The van der Waals surface area contributed by atoms with Gasteiger partial charge in [-0.25, -0.2) is 0 Å². The van der Waals surface area contributed by atoms with Crippen molar-refractivity contribution in [1.82, 2.24) is 10.3 Å². The lowest BCUT2D eigenvalue weighted by Gasteiger charge is -2.15. The zero-order valence-electron chi connectivity index (χ0n) is 14.9. The highest BCUT2D eigenvalue weighted by Gasteiger charge is 2.22. The van der Waals surface area contributed by atoms with Gasteiger partial charge in [0.25, 0.3) is 5.91 Å². The van der Waals surface area contributed by atoms with Gasteiger partial charge >= 0.3 is 0 Å². The molecule has 1 aromatic heterocycles. The Bertz CT molecular complexity index is 794. The van der Waals surface area contributed by atoms with E-state index in [2.05, 4.69) is 10.3 Å². The predicted molar refractivity (Wildman–Crippen MR) is 97.5 cm³/mol. The van der Waals surface area contributed by atoms with Gasteiger partial charge in [-0.1, -0.05) is 13.3 Å². The maximum Gasteiger partial charge on any atom is 0.289 e. The Labute approximate surface area is 147 Å². The number of nitrogens with two attached hydrogens (primary N) is 1. The zero-order valence-corrected chi connectivity index (χ0v) is 14.9. The monoisotopic (exact) mass is 343 g/mol. The number of aromatic nitrogens is 1. The van der Waals surface area contributed by atoms with Gasteiger partial charge in [-0.15, -0.1) is 0 Å². The van der Waals surface area contributed by atoms with Gasteiger partial charge in [0, 0.05) is 28.7 Å². The second-order valence-electron chi connectivity index (χ2n) is 6.47. The van der Waals surface area contributed by atoms with Crippen molar-refractivity contribution >= 4 is 28.4 Å². The minimum absolute atomic E-state index is 0.00547. The summed E-state index contributed by atoms with van der Waals surface area (Å²) in [4.78, 5) is 38.7. The third kappa shape index (κ3) is 4.54. The molecule has 25 heavy (non-hydrogen) atoms. The highest BCUT2D eigenvalue weighted by Crippen LogP contribution is 2.21. The van der Waals surface area contributed by atoms with Crippen LogP contribution in [-0.2, 0) is 16.0 Å². The maximum absolute atomic E-state index is 12.0. The minimum Gasteiger partial charge on any atom is -0.361 e. The first-order valence-corrected chi connectivity index (χ1v) is 8.54. The largest absolute Gasteiger partial charge is 0.361 e. The molecule has 4 N–H and O–H groups in total. The molecule has 0 aliphatic heterocycles. The van der Waals surface area contributed by atoms with Crippen LogP contribution in [0.1, 0.15) is 49.5 Å². The number of hydrogen-bond donors (Lipinski definition) is 3. The smallest absolute Gasteiger partial charge is 0.289 e. The van der Waals surface area contributed by atoms with Crippen molar-refractivity contribution in [3.05, 3.63) is 35.5 Å². The highest BCUT2D eigenvalue weighted by molar-refractivity contribution is 6.38. The molecule has 0 aliphatic carbocycles. The lowest BCUT2D eigenvalue weighted by Crippen LogP contribution is -2.45. The van der Waals surface area contributed by atoms with E-state index in [1.54, 1.807) is 6.07 Å². The Morgan fingerprint density at radius 1 is 1.28 bits per heavy atom.